The second kappa shape index (κ2) is 8.48. The molecule has 3 rings (SSSR count). The maximum Gasteiger partial charge on any atom is 0.227 e. The number of piperidine rings is 1. The van der Waals surface area contributed by atoms with Crippen molar-refractivity contribution in [3.8, 4) is 0 Å². The summed E-state index contributed by atoms with van der Waals surface area (Å²) in [5, 5.41) is 6.44. The van der Waals surface area contributed by atoms with Crippen LogP contribution in [0.3, 0.4) is 0 Å². The highest BCUT2D eigenvalue weighted by Gasteiger charge is 2.35. The van der Waals surface area contributed by atoms with Crippen LogP contribution >= 0.6 is 0 Å². The van der Waals surface area contributed by atoms with E-state index in [0.717, 1.165) is 31.6 Å². The van der Waals surface area contributed by atoms with Crippen LogP contribution in [0.25, 0.3) is 0 Å². The molecule has 2 aliphatic heterocycles. The van der Waals surface area contributed by atoms with Crippen molar-refractivity contribution in [3.63, 3.8) is 0 Å². The molecule has 2 fully saturated rings. The quantitative estimate of drug-likeness (QED) is 0.832. The molecule has 0 aromatic heterocycles. The summed E-state index contributed by atoms with van der Waals surface area (Å²) in [6.45, 7) is 5.48. The summed E-state index contributed by atoms with van der Waals surface area (Å²) in [4.78, 5) is 26.5. The minimum atomic E-state index is -0.233. The zero-order valence-electron chi connectivity index (χ0n) is 15.1. The van der Waals surface area contributed by atoms with Crippen molar-refractivity contribution >= 4 is 17.5 Å². The first-order valence-electron chi connectivity index (χ1n) is 9.55. The van der Waals surface area contributed by atoms with Crippen LogP contribution in [0.5, 0.6) is 0 Å². The molecule has 0 aliphatic carbocycles. The number of amides is 2. The third kappa shape index (κ3) is 4.60. The minimum absolute atomic E-state index is 0.0183. The zero-order chi connectivity index (χ0) is 17.6. The fourth-order valence-corrected chi connectivity index (χ4v) is 3.76. The number of nitrogens with one attached hydrogen (secondary N) is 2. The lowest BCUT2D eigenvalue weighted by Crippen LogP contribution is -2.36. The Morgan fingerprint density at radius 3 is 2.80 bits per heavy atom. The molecule has 2 N–H and O–H groups in total. The molecular weight excluding hydrogens is 314 g/mol. The van der Waals surface area contributed by atoms with E-state index < -0.39 is 0 Å². The van der Waals surface area contributed by atoms with Crippen LogP contribution < -0.4 is 15.5 Å². The van der Waals surface area contributed by atoms with Gasteiger partial charge in [0.1, 0.15) is 0 Å². The van der Waals surface area contributed by atoms with Gasteiger partial charge in [-0.05, 0) is 62.4 Å². The molecule has 2 amide bonds. The summed E-state index contributed by atoms with van der Waals surface area (Å²) in [5.74, 6) is 0.487. The number of benzene rings is 1. The molecule has 1 aromatic rings. The van der Waals surface area contributed by atoms with Crippen LogP contribution in [0, 0.1) is 11.8 Å². The molecule has 5 heteroatoms. The lowest BCUT2D eigenvalue weighted by Gasteiger charge is -2.23. The van der Waals surface area contributed by atoms with Gasteiger partial charge >= 0.3 is 0 Å². The van der Waals surface area contributed by atoms with Gasteiger partial charge in [-0.15, -0.1) is 0 Å². The van der Waals surface area contributed by atoms with E-state index in [1.165, 1.54) is 18.4 Å². The molecule has 0 saturated carbocycles. The van der Waals surface area contributed by atoms with Gasteiger partial charge in [0.25, 0.3) is 0 Å². The Balaban J connectivity index is 1.48. The van der Waals surface area contributed by atoms with Crippen molar-refractivity contribution in [2.75, 3.05) is 31.1 Å². The fraction of sp³-hybridized carbons (Fsp3) is 0.600. The van der Waals surface area contributed by atoms with Crippen LogP contribution in [-0.2, 0) is 16.0 Å². The Bertz CT molecular complexity index is 593. The number of aryl methyl sites for hydroxylation is 1. The van der Waals surface area contributed by atoms with Gasteiger partial charge in [-0.1, -0.05) is 19.1 Å². The Morgan fingerprint density at radius 2 is 2.12 bits per heavy atom. The Kier molecular flexibility index (Phi) is 6.08. The summed E-state index contributed by atoms with van der Waals surface area (Å²) in [7, 11) is 0. The Hall–Kier alpha value is -1.88. The molecule has 0 spiro atoms. The van der Waals surface area contributed by atoms with E-state index >= 15 is 0 Å². The SMILES string of the molecule is CCc1ccc(N2CC(C(=O)NCCC3CCCNC3)CC2=O)cc1. The van der Waals surface area contributed by atoms with Crippen LogP contribution in [-0.4, -0.2) is 38.0 Å². The van der Waals surface area contributed by atoms with Gasteiger partial charge in [-0.25, -0.2) is 0 Å². The Morgan fingerprint density at radius 1 is 1.32 bits per heavy atom. The maximum absolute atomic E-state index is 12.4. The van der Waals surface area contributed by atoms with E-state index in [1.54, 1.807) is 4.90 Å². The topological polar surface area (TPSA) is 61.4 Å². The molecule has 0 bridgehead atoms. The van der Waals surface area contributed by atoms with Crippen molar-refractivity contribution in [1.29, 1.82) is 0 Å². The number of hydrogen-bond donors (Lipinski definition) is 2. The lowest BCUT2D eigenvalue weighted by atomic mass is 9.96. The molecule has 2 aliphatic rings. The highest BCUT2D eigenvalue weighted by molar-refractivity contribution is 6.00. The van der Waals surface area contributed by atoms with Crippen molar-refractivity contribution in [2.45, 2.75) is 39.0 Å². The third-order valence-electron chi connectivity index (χ3n) is 5.40. The van der Waals surface area contributed by atoms with Gasteiger partial charge in [-0.3, -0.25) is 9.59 Å². The number of carbonyl (C=O) groups is 2. The second-order valence-corrected chi connectivity index (χ2v) is 7.22. The van der Waals surface area contributed by atoms with Crippen molar-refractivity contribution in [3.05, 3.63) is 29.8 Å². The highest BCUT2D eigenvalue weighted by Crippen LogP contribution is 2.25. The van der Waals surface area contributed by atoms with E-state index in [-0.39, 0.29) is 17.7 Å². The molecule has 2 atom stereocenters. The number of carbonyl (C=O) groups excluding carboxylic acids is 2. The molecule has 1 aromatic carbocycles. The molecule has 2 saturated heterocycles. The van der Waals surface area contributed by atoms with E-state index in [2.05, 4.69) is 17.6 Å². The standard InChI is InChI=1S/C20H29N3O2/c1-2-15-5-7-18(8-6-15)23-14-17(12-19(23)24)20(25)22-11-9-16-4-3-10-21-13-16/h5-8,16-17,21H,2-4,9-14H2,1H3,(H,22,25). The maximum atomic E-state index is 12.4. The predicted octanol–water partition coefficient (Wildman–Crippen LogP) is 2.11. The van der Waals surface area contributed by atoms with Gasteiger partial charge in [0.2, 0.25) is 11.8 Å². The van der Waals surface area contributed by atoms with E-state index in [4.69, 9.17) is 0 Å². The van der Waals surface area contributed by atoms with Gasteiger partial charge in [-0.2, -0.15) is 0 Å². The molecule has 25 heavy (non-hydrogen) atoms. The number of anilines is 1. The largest absolute Gasteiger partial charge is 0.356 e. The average Bonchev–Trinajstić information content (AvgIpc) is 3.04. The summed E-state index contributed by atoms with van der Waals surface area (Å²) in [5.41, 5.74) is 2.15. The number of hydrogen-bond acceptors (Lipinski definition) is 3. The molecule has 136 valence electrons. The van der Waals surface area contributed by atoms with E-state index in [1.807, 2.05) is 24.3 Å². The van der Waals surface area contributed by atoms with Gasteiger partial charge < -0.3 is 15.5 Å². The second-order valence-electron chi connectivity index (χ2n) is 7.22. The van der Waals surface area contributed by atoms with Crippen molar-refractivity contribution in [1.82, 2.24) is 10.6 Å². The first-order valence-corrected chi connectivity index (χ1v) is 9.55. The smallest absolute Gasteiger partial charge is 0.227 e. The normalized spacial score (nSPS) is 23.7. The van der Waals surface area contributed by atoms with Gasteiger partial charge in [0.05, 0.1) is 5.92 Å². The summed E-state index contributed by atoms with van der Waals surface area (Å²) in [6, 6.07) is 8.06. The highest BCUT2D eigenvalue weighted by atomic mass is 16.2. The summed E-state index contributed by atoms with van der Waals surface area (Å²) >= 11 is 0. The minimum Gasteiger partial charge on any atom is -0.356 e. The fourth-order valence-electron chi connectivity index (χ4n) is 3.76. The number of rotatable bonds is 6. The molecule has 0 radical (unpaired) electrons. The van der Waals surface area contributed by atoms with Crippen LogP contribution in [0.15, 0.2) is 24.3 Å². The van der Waals surface area contributed by atoms with Crippen molar-refractivity contribution in [2.24, 2.45) is 11.8 Å². The summed E-state index contributed by atoms with van der Waals surface area (Å²) < 4.78 is 0. The summed E-state index contributed by atoms with van der Waals surface area (Å²) in [6.07, 6.45) is 4.78. The van der Waals surface area contributed by atoms with Gasteiger partial charge in [0, 0.05) is 25.2 Å². The zero-order valence-corrected chi connectivity index (χ0v) is 15.1. The van der Waals surface area contributed by atoms with E-state index in [0.29, 0.717) is 25.4 Å². The van der Waals surface area contributed by atoms with Crippen LogP contribution in [0.2, 0.25) is 0 Å². The van der Waals surface area contributed by atoms with Gasteiger partial charge in [0.15, 0.2) is 0 Å². The van der Waals surface area contributed by atoms with Crippen LogP contribution in [0.1, 0.15) is 38.2 Å². The first kappa shape index (κ1) is 17.9. The molecule has 5 nitrogen and oxygen atoms in total. The predicted molar refractivity (Wildman–Crippen MR) is 99.5 cm³/mol. The molecular formula is C20H29N3O2. The third-order valence-corrected chi connectivity index (χ3v) is 5.40. The Labute approximate surface area is 150 Å². The first-order chi connectivity index (χ1) is 12.2. The lowest BCUT2D eigenvalue weighted by molar-refractivity contribution is -0.126. The molecule has 2 heterocycles. The van der Waals surface area contributed by atoms with Crippen LogP contribution in [0.4, 0.5) is 5.69 Å². The average molecular weight is 343 g/mol. The van der Waals surface area contributed by atoms with Crippen molar-refractivity contribution < 1.29 is 9.59 Å². The molecule has 2 unspecified atom stereocenters. The van der Waals surface area contributed by atoms with E-state index in [9.17, 15) is 9.59 Å². The monoisotopic (exact) mass is 343 g/mol. The number of nitrogens with zero attached hydrogens (tertiary/aromatic N) is 1.